The molecule has 1 saturated heterocycles. The molecule has 0 unspecified atom stereocenters. The molecule has 0 aliphatic carbocycles. The molecule has 2 heterocycles. The Kier molecular flexibility index (Phi) is 16.7. The van der Waals surface area contributed by atoms with Gasteiger partial charge in [0, 0.05) is 40.5 Å². The van der Waals surface area contributed by atoms with Crippen molar-refractivity contribution in [2.75, 3.05) is 57.8 Å². The number of nitrogens with one attached hydrogen (secondary N) is 1. The number of phosphoric acid groups is 1. The molecule has 3 atom stereocenters. The summed E-state index contributed by atoms with van der Waals surface area (Å²) in [7, 11) is -3.99. The second-order valence-electron chi connectivity index (χ2n) is 12.6. The van der Waals surface area contributed by atoms with Gasteiger partial charge in [-0.15, -0.1) is 0 Å². The van der Waals surface area contributed by atoms with E-state index in [4.69, 9.17) is 27.8 Å². The van der Waals surface area contributed by atoms with Gasteiger partial charge in [0.15, 0.2) is 10.2 Å². The van der Waals surface area contributed by atoms with Crippen LogP contribution in [0.2, 0.25) is 0 Å². The zero-order valence-corrected chi connectivity index (χ0v) is 29.9. The summed E-state index contributed by atoms with van der Waals surface area (Å²) in [5.41, 5.74) is -1.89. The van der Waals surface area contributed by atoms with Crippen LogP contribution >= 0.6 is 31.3 Å². The average molecular weight is 697 g/mol. The highest BCUT2D eigenvalue weighted by atomic mass is 32.2. The van der Waals surface area contributed by atoms with Gasteiger partial charge in [-0.05, 0) is 12.8 Å². The number of ether oxygens (including phenoxy) is 3. The molecule has 0 radical (unpaired) electrons. The minimum Gasteiger partial charge on any atom is -0.378 e. The lowest BCUT2D eigenvalue weighted by Crippen LogP contribution is -2.33. The van der Waals surface area contributed by atoms with E-state index in [1.807, 2.05) is 48.5 Å². The van der Waals surface area contributed by atoms with Crippen LogP contribution in [-0.2, 0) is 41.9 Å². The number of aromatic amines is 1. The summed E-state index contributed by atoms with van der Waals surface area (Å²) in [6.07, 6.45) is 1.55. The molecule has 0 spiro atoms. The van der Waals surface area contributed by atoms with E-state index in [0.717, 1.165) is 0 Å². The molecule has 1 aliphatic heterocycles. The Balaban J connectivity index is 1.81. The lowest BCUT2D eigenvalue weighted by Gasteiger charge is -2.20. The molecule has 0 amide bonds. The van der Waals surface area contributed by atoms with Gasteiger partial charge in [0.05, 0.1) is 52.4 Å². The van der Waals surface area contributed by atoms with Crippen LogP contribution in [0, 0.1) is 16.7 Å². The minimum atomic E-state index is -3.99. The number of aromatic nitrogens is 2. The summed E-state index contributed by atoms with van der Waals surface area (Å²) >= 11 is 2.41. The van der Waals surface area contributed by atoms with Gasteiger partial charge in [0.2, 0.25) is 0 Å². The molecule has 16 heteroatoms. The third kappa shape index (κ3) is 15.0. The molecule has 1 aliphatic rings. The number of thioether (sulfide) groups is 2. The van der Waals surface area contributed by atoms with Crippen molar-refractivity contribution in [2.45, 2.75) is 73.6 Å². The predicted molar refractivity (Wildman–Crippen MR) is 175 cm³/mol. The maximum absolute atomic E-state index is 13.4. The Morgan fingerprint density at radius 2 is 1.40 bits per heavy atom. The fourth-order valence-corrected chi connectivity index (χ4v) is 6.71. The van der Waals surface area contributed by atoms with E-state index >= 15 is 0 Å². The van der Waals surface area contributed by atoms with Crippen LogP contribution in [0.4, 0.5) is 0 Å². The van der Waals surface area contributed by atoms with Gasteiger partial charge in [-0.1, -0.05) is 72.0 Å². The van der Waals surface area contributed by atoms with Crippen molar-refractivity contribution in [1.82, 2.24) is 9.55 Å². The Hall–Kier alpha value is -1.29. The Morgan fingerprint density at radius 1 is 0.889 bits per heavy atom. The number of H-pyrrole nitrogens is 1. The van der Waals surface area contributed by atoms with Crippen molar-refractivity contribution in [1.29, 1.82) is 0 Å². The summed E-state index contributed by atoms with van der Waals surface area (Å²) in [6.45, 7) is 13.9. The molecule has 258 valence electrons. The number of rotatable bonds is 19. The van der Waals surface area contributed by atoms with Crippen molar-refractivity contribution >= 4 is 41.6 Å². The first kappa shape index (κ1) is 39.9. The molecule has 13 nitrogen and oxygen atoms in total. The fourth-order valence-electron chi connectivity index (χ4n) is 3.92. The third-order valence-electron chi connectivity index (χ3n) is 6.37. The van der Waals surface area contributed by atoms with Crippen LogP contribution in [0.15, 0.2) is 21.9 Å². The van der Waals surface area contributed by atoms with E-state index in [0.29, 0.717) is 37.6 Å². The molecule has 45 heavy (non-hydrogen) atoms. The molecular formula is C29H49N2O11PS2. The van der Waals surface area contributed by atoms with Gasteiger partial charge < -0.3 is 14.2 Å². The number of nitrogens with zero attached hydrogens (tertiary/aromatic N) is 1. The van der Waals surface area contributed by atoms with E-state index in [-0.39, 0.29) is 55.3 Å². The van der Waals surface area contributed by atoms with Gasteiger partial charge in [-0.25, -0.2) is 9.36 Å². The lowest BCUT2D eigenvalue weighted by atomic mass is 9.99. The topological polar surface area (TPSA) is 161 Å². The van der Waals surface area contributed by atoms with E-state index in [1.165, 1.54) is 40.4 Å². The normalized spacial score (nSPS) is 19.2. The molecule has 0 aromatic carbocycles. The summed E-state index contributed by atoms with van der Waals surface area (Å²) in [4.78, 5) is 49.9. The summed E-state index contributed by atoms with van der Waals surface area (Å²) in [6, 6.07) is 1.26. The molecule has 1 N–H and O–H groups in total. The highest BCUT2D eigenvalue weighted by Crippen LogP contribution is 2.49. The van der Waals surface area contributed by atoms with Gasteiger partial charge >= 0.3 is 13.5 Å². The molecule has 1 fully saturated rings. The maximum atomic E-state index is 13.4. The summed E-state index contributed by atoms with van der Waals surface area (Å²) in [5, 5.41) is 0.154. The standard InChI is InChI=1S/C29H49N2O11PS2/c1-21-20-22(42-24(21)31-10-8-23(32)30-27(31)35)9-11-39-43(36,40-14-12-37-16-18-44-25(33)28(2,3)4)41-15-13-38-17-19-45-26(34)29(5,6)7/h8,10,21-22,24H,9,11-20H2,1-7H3,(H,30,32,35)/t21-,22+,24+/m0/s1. The molecule has 1 aromatic rings. The number of carbonyl (C=O) groups excluding carboxylic acids is 2. The van der Waals surface area contributed by atoms with Gasteiger partial charge in [-0.3, -0.25) is 37.5 Å². The molecule has 0 saturated carbocycles. The first-order chi connectivity index (χ1) is 21.0. The summed E-state index contributed by atoms with van der Waals surface area (Å²) in [5.74, 6) is 0.967. The summed E-state index contributed by atoms with van der Waals surface area (Å²) < 4.78 is 48.4. The van der Waals surface area contributed by atoms with Crippen LogP contribution < -0.4 is 11.2 Å². The van der Waals surface area contributed by atoms with Gasteiger partial charge in [-0.2, -0.15) is 0 Å². The van der Waals surface area contributed by atoms with Crippen molar-refractivity contribution in [3.63, 3.8) is 0 Å². The monoisotopic (exact) mass is 696 g/mol. The minimum absolute atomic E-state index is 0.000724. The number of phosphoric ester groups is 1. The lowest BCUT2D eigenvalue weighted by molar-refractivity contribution is -0.118. The fraction of sp³-hybridized carbons (Fsp3) is 0.793. The van der Waals surface area contributed by atoms with Gasteiger partial charge in [0.1, 0.15) is 6.23 Å². The quantitative estimate of drug-likeness (QED) is 0.157. The van der Waals surface area contributed by atoms with Crippen LogP contribution in [-0.4, -0.2) is 83.6 Å². The van der Waals surface area contributed by atoms with E-state index < -0.39 is 36.1 Å². The zero-order valence-electron chi connectivity index (χ0n) is 27.4. The van der Waals surface area contributed by atoms with E-state index in [2.05, 4.69) is 4.98 Å². The Morgan fingerprint density at radius 3 is 1.89 bits per heavy atom. The SMILES string of the molecule is C[C@H]1C[C@@H](CCOP(=O)(OCCOCCSC(=O)C(C)(C)C)OCCOCCSC(=O)C(C)(C)C)O[C@H]1n1ccc(=O)[nH]c1=O. The molecule has 0 bridgehead atoms. The van der Waals surface area contributed by atoms with Crippen molar-refractivity contribution in [3.8, 4) is 0 Å². The van der Waals surface area contributed by atoms with Gasteiger partial charge in [0.25, 0.3) is 5.56 Å². The van der Waals surface area contributed by atoms with E-state index in [9.17, 15) is 23.7 Å². The Bertz CT molecular complexity index is 1200. The molecule has 1 aromatic heterocycles. The van der Waals surface area contributed by atoms with Crippen LogP contribution in [0.25, 0.3) is 0 Å². The van der Waals surface area contributed by atoms with E-state index in [1.54, 1.807) is 0 Å². The molecule has 2 rings (SSSR count). The predicted octanol–water partition coefficient (Wildman–Crippen LogP) is 4.65. The van der Waals surface area contributed by atoms with Crippen molar-refractivity contribution in [2.24, 2.45) is 16.7 Å². The number of carbonyl (C=O) groups is 2. The van der Waals surface area contributed by atoms with Crippen molar-refractivity contribution < 1.29 is 41.9 Å². The Labute approximate surface area is 273 Å². The molecular weight excluding hydrogens is 647 g/mol. The first-order valence-electron chi connectivity index (χ1n) is 15.0. The first-order valence-corrected chi connectivity index (χ1v) is 18.5. The average Bonchev–Trinajstić information content (AvgIpc) is 3.30. The second-order valence-corrected chi connectivity index (χ2v) is 16.4. The number of hydrogen-bond acceptors (Lipinski definition) is 13. The highest BCUT2D eigenvalue weighted by molar-refractivity contribution is 8.14. The number of hydrogen-bond donors (Lipinski definition) is 1. The van der Waals surface area contributed by atoms with Crippen molar-refractivity contribution in [3.05, 3.63) is 33.1 Å². The largest absolute Gasteiger partial charge is 0.474 e. The van der Waals surface area contributed by atoms with Crippen LogP contribution in [0.3, 0.4) is 0 Å². The van der Waals surface area contributed by atoms with Crippen LogP contribution in [0.5, 0.6) is 0 Å². The second kappa shape index (κ2) is 18.9. The smallest absolute Gasteiger partial charge is 0.378 e. The highest BCUT2D eigenvalue weighted by Gasteiger charge is 2.35. The zero-order chi connectivity index (χ0) is 33.7. The third-order valence-corrected chi connectivity index (χ3v) is 10.4. The maximum Gasteiger partial charge on any atom is 0.474 e. The van der Waals surface area contributed by atoms with Crippen LogP contribution in [0.1, 0.15) is 67.5 Å².